The molecule has 0 aromatic carbocycles. The Bertz CT molecular complexity index is 443. The predicted molar refractivity (Wildman–Crippen MR) is 80.7 cm³/mol. The maximum absolute atomic E-state index is 12.6. The second kappa shape index (κ2) is 3.95. The zero-order chi connectivity index (χ0) is 14.2. The van der Waals surface area contributed by atoms with E-state index >= 15 is 0 Å². The molecule has 0 spiro atoms. The molecule has 4 nitrogen and oxygen atoms in total. The summed E-state index contributed by atoms with van der Waals surface area (Å²) in [5.74, 6) is 3.33. The zero-order valence-electron chi connectivity index (χ0n) is 12.8. The van der Waals surface area contributed by atoms with Gasteiger partial charge in [0.25, 0.3) is 0 Å². The molecule has 1 saturated heterocycles. The maximum atomic E-state index is 12.6. The van der Waals surface area contributed by atoms with Gasteiger partial charge in [0.05, 0.1) is 5.54 Å². The first kappa shape index (κ1) is 12.7. The quantitative estimate of drug-likeness (QED) is 0.818. The number of carbonyl (C=O) groups excluding carboxylic acids is 1. The number of urea groups is 1. The molecule has 5 saturated carbocycles. The van der Waals surface area contributed by atoms with Crippen LogP contribution in [-0.2, 0) is 0 Å². The van der Waals surface area contributed by atoms with E-state index < -0.39 is 0 Å². The number of hydrogen-bond donors (Lipinski definition) is 2. The van der Waals surface area contributed by atoms with Crippen LogP contribution in [-0.4, -0.2) is 35.1 Å². The van der Waals surface area contributed by atoms with Crippen LogP contribution in [0, 0.1) is 23.7 Å². The minimum atomic E-state index is -0.0567. The minimum absolute atomic E-state index is 0.0567. The van der Waals surface area contributed by atoms with E-state index in [1.54, 1.807) is 0 Å². The van der Waals surface area contributed by atoms with Crippen LogP contribution in [0.3, 0.4) is 0 Å². The van der Waals surface area contributed by atoms with E-state index in [2.05, 4.69) is 5.32 Å². The number of amides is 2. The number of carbonyl (C=O) groups is 1. The highest BCUT2D eigenvalue weighted by molar-refractivity contribution is 5.76. The lowest BCUT2D eigenvalue weighted by atomic mass is 9.53. The summed E-state index contributed by atoms with van der Waals surface area (Å²) in [7, 11) is 0. The Morgan fingerprint density at radius 2 is 1.52 bits per heavy atom. The van der Waals surface area contributed by atoms with Crippen LogP contribution in [0.2, 0.25) is 0 Å². The third-order valence-corrected chi connectivity index (χ3v) is 7.06. The standard InChI is InChI=1S/C17H27N3O/c18-17(14-1-2-14)9-20(10-17)15(21)19-16-6-11-3-12(7-16)5-13(4-11)8-16/h11-14H,1-10,18H2,(H,19,21). The van der Waals surface area contributed by atoms with Crippen molar-refractivity contribution in [1.82, 2.24) is 10.2 Å². The van der Waals surface area contributed by atoms with Gasteiger partial charge in [0.2, 0.25) is 0 Å². The van der Waals surface area contributed by atoms with Crippen LogP contribution in [0.5, 0.6) is 0 Å². The highest BCUT2D eigenvalue weighted by Gasteiger charge is 2.55. The third kappa shape index (κ3) is 1.94. The maximum Gasteiger partial charge on any atom is 0.317 e. The van der Waals surface area contributed by atoms with Gasteiger partial charge < -0.3 is 16.0 Å². The van der Waals surface area contributed by atoms with E-state index in [0.717, 1.165) is 30.8 Å². The highest BCUT2D eigenvalue weighted by Crippen LogP contribution is 2.55. The second-order valence-corrected chi connectivity index (χ2v) is 8.99. The number of nitrogens with zero attached hydrogens (tertiary/aromatic N) is 1. The molecule has 0 atom stereocenters. The zero-order valence-corrected chi connectivity index (χ0v) is 12.8. The predicted octanol–water partition coefficient (Wildman–Crippen LogP) is 2.09. The Balaban J connectivity index is 1.25. The molecule has 6 aliphatic rings. The fraction of sp³-hybridized carbons (Fsp3) is 0.941. The first-order valence-electron chi connectivity index (χ1n) is 8.90. The summed E-state index contributed by atoms with van der Waals surface area (Å²) in [5.41, 5.74) is 6.46. The first-order chi connectivity index (χ1) is 10.0. The van der Waals surface area contributed by atoms with Crippen molar-refractivity contribution in [2.45, 2.75) is 62.4 Å². The van der Waals surface area contributed by atoms with E-state index in [9.17, 15) is 4.79 Å². The Labute approximate surface area is 126 Å². The second-order valence-electron chi connectivity index (χ2n) is 8.99. The van der Waals surface area contributed by atoms with Gasteiger partial charge in [0, 0.05) is 18.6 Å². The third-order valence-electron chi connectivity index (χ3n) is 7.06. The van der Waals surface area contributed by atoms with E-state index in [-0.39, 0.29) is 17.1 Å². The molecule has 0 aromatic heterocycles. The van der Waals surface area contributed by atoms with Crippen molar-refractivity contribution < 1.29 is 4.79 Å². The van der Waals surface area contributed by atoms with Crippen molar-refractivity contribution in [3.63, 3.8) is 0 Å². The molecular formula is C17H27N3O. The van der Waals surface area contributed by atoms with Crippen LogP contribution in [0.25, 0.3) is 0 Å². The van der Waals surface area contributed by atoms with Gasteiger partial charge in [-0.15, -0.1) is 0 Å². The van der Waals surface area contributed by atoms with Crippen LogP contribution in [0.4, 0.5) is 4.79 Å². The highest BCUT2D eigenvalue weighted by atomic mass is 16.2. The van der Waals surface area contributed by atoms with E-state index in [1.807, 2.05) is 4.90 Å². The summed E-state index contributed by atoms with van der Waals surface area (Å²) in [4.78, 5) is 14.6. The minimum Gasteiger partial charge on any atom is -0.333 e. The molecule has 0 unspecified atom stereocenters. The van der Waals surface area contributed by atoms with Crippen molar-refractivity contribution in [1.29, 1.82) is 0 Å². The molecule has 4 bridgehead atoms. The molecule has 1 heterocycles. The Morgan fingerprint density at radius 3 is 2.00 bits per heavy atom. The SMILES string of the molecule is NC1(C2CC2)CN(C(=O)NC23CC4CC(CC(C4)C2)C3)C1. The van der Waals surface area contributed by atoms with E-state index in [0.29, 0.717) is 5.92 Å². The summed E-state index contributed by atoms with van der Waals surface area (Å²) in [5, 5.41) is 3.46. The lowest BCUT2D eigenvalue weighted by molar-refractivity contribution is -0.0196. The van der Waals surface area contributed by atoms with E-state index in [1.165, 1.54) is 51.4 Å². The van der Waals surface area contributed by atoms with Gasteiger partial charge in [-0.2, -0.15) is 0 Å². The molecular weight excluding hydrogens is 262 g/mol. The Hall–Kier alpha value is -0.770. The van der Waals surface area contributed by atoms with Crippen LogP contribution in [0.1, 0.15) is 51.4 Å². The van der Waals surface area contributed by atoms with Crippen molar-refractivity contribution in [3.8, 4) is 0 Å². The van der Waals surface area contributed by atoms with Gasteiger partial charge >= 0.3 is 6.03 Å². The molecule has 21 heavy (non-hydrogen) atoms. The average Bonchev–Trinajstić information content (AvgIpc) is 3.16. The molecule has 4 heteroatoms. The fourth-order valence-corrected chi connectivity index (χ4v) is 6.29. The average molecular weight is 289 g/mol. The van der Waals surface area contributed by atoms with Gasteiger partial charge in [-0.3, -0.25) is 0 Å². The number of hydrogen-bond acceptors (Lipinski definition) is 2. The number of nitrogens with one attached hydrogen (secondary N) is 1. The van der Waals surface area contributed by atoms with E-state index in [4.69, 9.17) is 5.73 Å². The number of likely N-dealkylation sites (tertiary alicyclic amines) is 1. The topological polar surface area (TPSA) is 58.4 Å². The van der Waals surface area contributed by atoms with Gasteiger partial charge in [-0.25, -0.2) is 4.79 Å². The van der Waals surface area contributed by atoms with Gasteiger partial charge in [-0.1, -0.05) is 0 Å². The lowest BCUT2D eigenvalue weighted by Gasteiger charge is -2.58. The van der Waals surface area contributed by atoms with Gasteiger partial charge in [0.15, 0.2) is 0 Å². The van der Waals surface area contributed by atoms with Gasteiger partial charge in [-0.05, 0) is 75.0 Å². The van der Waals surface area contributed by atoms with Crippen molar-refractivity contribution in [2.24, 2.45) is 29.4 Å². The molecule has 5 aliphatic carbocycles. The monoisotopic (exact) mass is 289 g/mol. The van der Waals surface area contributed by atoms with Crippen molar-refractivity contribution in [3.05, 3.63) is 0 Å². The molecule has 1 aliphatic heterocycles. The van der Waals surface area contributed by atoms with Crippen molar-refractivity contribution >= 4 is 6.03 Å². The number of nitrogens with two attached hydrogens (primary N) is 1. The van der Waals surface area contributed by atoms with Gasteiger partial charge in [0.1, 0.15) is 0 Å². The number of rotatable bonds is 2. The smallest absolute Gasteiger partial charge is 0.317 e. The van der Waals surface area contributed by atoms with Crippen LogP contribution in [0.15, 0.2) is 0 Å². The summed E-state index contributed by atoms with van der Waals surface area (Å²) in [6.07, 6.45) is 10.5. The molecule has 6 rings (SSSR count). The summed E-state index contributed by atoms with van der Waals surface area (Å²) in [6, 6.07) is 0.165. The molecule has 0 radical (unpaired) electrons. The molecule has 3 N–H and O–H groups in total. The normalized spacial score (nSPS) is 46.3. The molecule has 6 fully saturated rings. The summed E-state index contributed by atoms with van der Waals surface area (Å²) >= 11 is 0. The lowest BCUT2D eigenvalue weighted by Crippen LogP contribution is -2.73. The first-order valence-corrected chi connectivity index (χ1v) is 8.90. The van der Waals surface area contributed by atoms with Crippen LogP contribution < -0.4 is 11.1 Å². The molecule has 116 valence electrons. The molecule has 2 amide bonds. The van der Waals surface area contributed by atoms with Crippen molar-refractivity contribution in [2.75, 3.05) is 13.1 Å². The fourth-order valence-electron chi connectivity index (χ4n) is 6.29. The Kier molecular flexibility index (Phi) is 2.40. The summed E-state index contributed by atoms with van der Waals surface area (Å²) < 4.78 is 0. The molecule has 0 aromatic rings. The largest absolute Gasteiger partial charge is 0.333 e. The Morgan fingerprint density at radius 1 is 1.00 bits per heavy atom. The summed E-state index contributed by atoms with van der Waals surface area (Å²) in [6.45, 7) is 1.55. The van der Waals surface area contributed by atoms with Crippen LogP contribution >= 0.6 is 0 Å².